The number of hydrogen-bond donors (Lipinski definition) is 1. The summed E-state index contributed by atoms with van der Waals surface area (Å²) in [5.74, 6) is -1.24. The molecule has 0 saturated carbocycles. The van der Waals surface area contributed by atoms with Crippen LogP contribution in [-0.4, -0.2) is 34.0 Å². The topological polar surface area (TPSA) is 98.8 Å². The minimum Gasteiger partial charge on any atom is -0.465 e. The van der Waals surface area contributed by atoms with Gasteiger partial charge in [0.15, 0.2) is 0 Å². The van der Waals surface area contributed by atoms with Gasteiger partial charge in [-0.3, -0.25) is 4.79 Å². The van der Waals surface area contributed by atoms with Crippen molar-refractivity contribution in [3.05, 3.63) is 63.6 Å². The van der Waals surface area contributed by atoms with E-state index in [2.05, 4.69) is 9.46 Å². The number of sulfonamides is 1. The Morgan fingerprint density at radius 3 is 2.30 bits per heavy atom. The summed E-state index contributed by atoms with van der Waals surface area (Å²) in [5.41, 5.74) is 0.991. The lowest BCUT2D eigenvalue weighted by Gasteiger charge is -2.08. The number of rotatable bonds is 7. The number of esters is 2. The zero-order valence-electron chi connectivity index (χ0n) is 14.1. The second kappa shape index (κ2) is 9.18. The fourth-order valence-corrected chi connectivity index (χ4v) is 3.31. The van der Waals surface area contributed by atoms with Crippen LogP contribution >= 0.6 is 23.2 Å². The van der Waals surface area contributed by atoms with E-state index in [4.69, 9.17) is 27.9 Å². The molecule has 1 N–H and O–H groups in total. The first-order chi connectivity index (χ1) is 12.7. The van der Waals surface area contributed by atoms with Crippen LogP contribution in [-0.2, 0) is 30.9 Å². The van der Waals surface area contributed by atoms with Gasteiger partial charge in [-0.05, 0) is 35.9 Å². The van der Waals surface area contributed by atoms with Gasteiger partial charge in [0.25, 0.3) is 0 Å². The largest absolute Gasteiger partial charge is 0.465 e. The summed E-state index contributed by atoms with van der Waals surface area (Å²) in [6.45, 7) is -0.627. The second-order valence-electron chi connectivity index (χ2n) is 5.25. The molecule has 0 amide bonds. The van der Waals surface area contributed by atoms with E-state index in [-0.39, 0.29) is 21.5 Å². The van der Waals surface area contributed by atoms with E-state index in [9.17, 15) is 18.0 Å². The van der Waals surface area contributed by atoms with Crippen molar-refractivity contribution < 1.29 is 27.5 Å². The Bertz CT molecular complexity index is 944. The van der Waals surface area contributed by atoms with Crippen molar-refractivity contribution in [3.63, 3.8) is 0 Å². The lowest BCUT2D eigenvalue weighted by molar-refractivity contribution is -0.143. The molecule has 10 heteroatoms. The maximum Gasteiger partial charge on any atom is 0.337 e. The average molecular weight is 432 g/mol. The number of hydrogen-bond acceptors (Lipinski definition) is 6. The standard InChI is InChI=1S/C17H15Cl2NO6S/c1-25-17(22)12-4-2-11(3-5-12)10-26-16(21)9-20-27(23,24)13-6-7-14(18)15(19)8-13/h2-8,20H,9-10H2,1H3. The first kappa shape index (κ1) is 21.2. The van der Waals surface area contributed by atoms with Crippen molar-refractivity contribution in [2.24, 2.45) is 0 Å². The predicted molar refractivity (Wildman–Crippen MR) is 99.2 cm³/mol. The molecule has 0 radical (unpaired) electrons. The predicted octanol–water partition coefficient (Wildman–Crippen LogP) is 2.80. The third-order valence-electron chi connectivity index (χ3n) is 3.38. The summed E-state index contributed by atoms with van der Waals surface area (Å²) < 4.78 is 36.0. The van der Waals surface area contributed by atoms with E-state index in [1.165, 1.54) is 37.4 Å². The molecule has 27 heavy (non-hydrogen) atoms. The van der Waals surface area contributed by atoms with Crippen molar-refractivity contribution in [1.29, 1.82) is 0 Å². The van der Waals surface area contributed by atoms with Gasteiger partial charge in [0, 0.05) is 0 Å². The van der Waals surface area contributed by atoms with Crippen molar-refractivity contribution >= 4 is 45.2 Å². The molecule has 0 saturated heterocycles. The Labute approximate surface area is 166 Å². The number of benzene rings is 2. The molecule has 0 atom stereocenters. The summed E-state index contributed by atoms with van der Waals surface area (Å²) in [6.07, 6.45) is 0. The molecule has 0 aliphatic heterocycles. The van der Waals surface area contributed by atoms with E-state index in [0.717, 1.165) is 0 Å². The highest BCUT2D eigenvalue weighted by atomic mass is 35.5. The van der Waals surface area contributed by atoms with E-state index in [1.54, 1.807) is 12.1 Å². The van der Waals surface area contributed by atoms with E-state index < -0.39 is 28.5 Å². The van der Waals surface area contributed by atoms with Crippen LogP contribution in [0.25, 0.3) is 0 Å². The van der Waals surface area contributed by atoms with Gasteiger partial charge in [0.1, 0.15) is 13.2 Å². The molecule has 144 valence electrons. The normalized spacial score (nSPS) is 11.1. The molecule has 0 heterocycles. The van der Waals surface area contributed by atoms with Crippen LogP contribution in [0.3, 0.4) is 0 Å². The molecule has 0 aliphatic carbocycles. The lowest BCUT2D eigenvalue weighted by atomic mass is 10.1. The minimum absolute atomic E-state index is 0.0746. The van der Waals surface area contributed by atoms with Gasteiger partial charge in [-0.25, -0.2) is 13.2 Å². The van der Waals surface area contributed by atoms with Crippen LogP contribution in [0.5, 0.6) is 0 Å². The van der Waals surface area contributed by atoms with Gasteiger partial charge >= 0.3 is 11.9 Å². The van der Waals surface area contributed by atoms with Gasteiger partial charge in [-0.15, -0.1) is 0 Å². The van der Waals surface area contributed by atoms with Crippen LogP contribution < -0.4 is 4.72 Å². The SMILES string of the molecule is COC(=O)c1ccc(COC(=O)CNS(=O)(=O)c2ccc(Cl)c(Cl)c2)cc1. The average Bonchev–Trinajstić information content (AvgIpc) is 2.66. The molecule has 7 nitrogen and oxygen atoms in total. The molecule has 0 bridgehead atoms. The number of ether oxygens (including phenoxy) is 2. The van der Waals surface area contributed by atoms with Gasteiger partial charge in [-0.1, -0.05) is 35.3 Å². The summed E-state index contributed by atoms with van der Waals surface area (Å²) in [7, 11) is -2.67. The van der Waals surface area contributed by atoms with Crippen molar-refractivity contribution in [1.82, 2.24) is 4.72 Å². The Hall–Kier alpha value is -2.13. The van der Waals surface area contributed by atoms with Crippen LogP contribution in [0.4, 0.5) is 0 Å². The third-order valence-corrected chi connectivity index (χ3v) is 5.52. The number of methoxy groups -OCH3 is 1. The first-order valence-corrected chi connectivity index (χ1v) is 9.74. The van der Waals surface area contributed by atoms with Crippen molar-refractivity contribution in [3.8, 4) is 0 Å². The molecule has 0 unspecified atom stereocenters. The van der Waals surface area contributed by atoms with Crippen molar-refractivity contribution in [2.45, 2.75) is 11.5 Å². The molecule has 2 aromatic carbocycles. The van der Waals surface area contributed by atoms with E-state index >= 15 is 0 Å². The molecule has 0 spiro atoms. The fourth-order valence-electron chi connectivity index (χ4n) is 1.95. The molecule has 2 rings (SSSR count). The highest BCUT2D eigenvalue weighted by molar-refractivity contribution is 7.89. The van der Waals surface area contributed by atoms with Gasteiger partial charge in [0.05, 0.1) is 27.6 Å². The number of carbonyl (C=O) groups excluding carboxylic acids is 2. The Morgan fingerprint density at radius 1 is 1.04 bits per heavy atom. The van der Waals surface area contributed by atoms with Crippen LogP contribution in [0.1, 0.15) is 15.9 Å². The van der Waals surface area contributed by atoms with E-state index in [1.807, 2.05) is 0 Å². The molecule has 0 fully saturated rings. The molecular formula is C17H15Cl2NO6S. The maximum atomic E-state index is 12.1. The molecule has 0 aliphatic rings. The van der Waals surface area contributed by atoms with E-state index in [0.29, 0.717) is 11.1 Å². The quantitative estimate of drug-likeness (QED) is 0.676. The van der Waals surface area contributed by atoms with Crippen LogP contribution in [0, 0.1) is 0 Å². The smallest absolute Gasteiger partial charge is 0.337 e. The van der Waals surface area contributed by atoms with Gasteiger partial charge < -0.3 is 9.47 Å². The Kier molecular flexibility index (Phi) is 7.20. The molecule has 2 aromatic rings. The number of nitrogens with one attached hydrogen (secondary N) is 1. The highest BCUT2D eigenvalue weighted by Gasteiger charge is 2.17. The summed E-state index contributed by atoms with van der Waals surface area (Å²) in [4.78, 5) is 23.0. The summed E-state index contributed by atoms with van der Waals surface area (Å²) in [6, 6.07) is 10.0. The summed E-state index contributed by atoms with van der Waals surface area (Å²) in [5, 5.41) is 0.297. The monoisotopic (exact) mass is 431 g/mol. The molecule has 0 aromatic heterocycles. The Balaban J connectivity index is 1.88. The van der Waals surface area contributed by atoms with Crippen LogP contribution in [0.15, 0.2) is 47.4 Å². The third kappa shape index (κ3) is 5.93. The zero-order chi connectivity index (χ0) is 20.0. The van der Waals surface area contributed by atoms with Gasteiger partial charge in [-0.2, -0.15) is 4.72 Å². The first-order valence-electron chi connectivity index (χ1n) is 7.50. The second-order valence-corrected chi connectivity index (χ2v) is 7.83. The lowest BCUT2D eigenvalue weighted by Crippen LogP contribution is -2.30. The summed E-state index contributed by atoms with van der Waals surface area (Å²) >= 11 is 11.5. The number of halogens is 2. The highest BCUT2D eigenvalue weighted by Crippen LogP contribution is 2.24. The van der Waals surface area contributed by atoms with Crippen LogP contribution in [0.2, 0.25) is 10.0 Å². The molecular weight excluding hydrogens is 417 g/mol. The number of carbonyl (C=O) groups is 2. The Morgan fingerprint density at radius 2 is 1.70 bits per heavy atom. The minimum atomic E-state index is -3.94. The fraction of sp³-hybridized carbons (Fsp3) is 0.176. The zero-order valence-corrected chi connectivity index (χ0v) is 16.4. The van der Waals surface area contributed by atoms with Crippen molar-refractivity contribution in [2.75, 3.05) is 13.7 Å². The maximum absolute atomic E-state index is 12.1. The van der Waals surface area contributed by atoms with Gasteiger partial charge in [0.2, 0.25) is 10.0 Å².